The normalized spacial score (nSPS) is 21.8. The average Bonchev–Trinajstić information content (AvgIpc) is 3.64. The van der Waals surface area contributed by atoms with Gasteiger partial charge >= 0.3 is 0 Å². The maximum absolute atomic E-state index is 13.4. The van der Waals surface area contributed by atoms with Gasteiger partial charge in [-0.05, 0) is 94.1 Å². The Bertz CT molecular complexity index is 822. The van der Waals surface area contributed by atoms with Gasteiger partial charge in [-0.2, -0.15) is 0 Å². The van der Waals surface area contributed by atoms with Crippen LogP contribution in [0.3, 0.4) is 0 Å². The molecule has 0 unspecified atom stereocenters. The van der Waals surface area contributed by atoms with E-state index in [2.05, 4.69) is 16.7 Å². The number of ether oxygens (including phenoxy) is 1. The van der Waals surface area contributed by atoms with Crippen molar-refractivity contribution in [2.75, 3.05) is 13.2 Å². The second-order valence-electron chi connectivity index (χ2n) is 10.3. The van der Waals surface area contributed by atoms with Gasteiger partial charge in [-0.3, -0.25) is 9.59 Å². The maximum Gasteiger partial charge on any atom is 0.252 e. The molecule has 0 spiro atoms. The van der Waals surface area contributed by atoms with E-state index in [1.807, 2.05) is 26.8 Å². The molecule has 0 aromatic heterocycles. The predicted molar refractivity (Wildman–Crippen MR) is 127 cm³/mol. The first-order valence-electron chi connectivity index (χ1n) is 12.8. The lowest BCUT2D eigenvalue weighted by Crippen LogP contribution is -2.58. The van der Waals surface area contributed by atoms with Gasteiger partial charge in [0.2, 0.25) is 5.91 Å². The predicted octanol–water partition coefficient (Wildman–Crippen LogP) is 4.94. The minimum absolute atomic E-state index is 0.0508. The van der Waals surface area contributed by atoms with Crippen LogP contribution in [-0.2, 0) is 14.3 Å². The highest BCUT2D eigenvalue weighted by atomic mass is 16.5. The van der Waals surface area contributed by atoms with Crippen LogP contribution in [0.4, 0.5) is 0 Å². The van der Waals surface area contributed by atoms with E-state index in [0.29, 0.717) is 30.3 Å². The van der Waals surface area contributed by atoms with Gasteiger partial charge in [-0.1, -0.05) is 25.5 Å². The Morgan fingerprint density at radius 2 is 1.69 bits per heavy atom. The fraction of sp³-hybridized carbons (Fsp3) is 0.704. The van der Waals surface area contributed by atoms with Gasteiger partial charge in [0, 0.05) is 18.5 Å². The third-order valence-corrected chi connectivity index (χ3v) is 7.63. The summed E-state index contributed by atoms with van der Waals surface area (Å²) < 4.78 is 6.25. The number of hydrogen-bond acceptors (Lipinski definition) is 3. The molecule has 0 atom stereocenters. The average molecular weight is 441 g/mol. The lowest BCUT2D eigenvalue weighted by Gasteiger charge is -2.32. The molecule has 5 heteroatoms. The molecule has 32 heavy (non-hydrogen) atoms. The van der Waals surface area contributed by atoms with Crippen molar-refractivity contribution in [2.24, 2.45) is 17.8 Å². The lowest BCUT2D eigenvalue weighted by atomic mass is 9.89. The molecule has 176 valence electrons. The quantitative estimate of drug-likeness (QED) is 0.478. The van der Waals surface area contributed by atoms with Crippen LogP contribution in [0.1, 0.15) is 85.0 Å². The summed E-state index contributed by atoms with van der Waals surface area (Å²) in [5, 5.41) is 6.22. The molecule has 0 bridgehead atoms. The van der Waals surface area contributed by atoms with Gasteiger partial charge in [0.25, 0.3) is 5.91 Å². The van der Waals surface area contributed by atoms with E-state index in [-0.39, 0.29) is 11.8 Å². The Morgan fingerprint density at radius 1 is 1.00 bits per heavy atom. The molecule has 0 aromatic carbocycles. The highest BCUT2D eigenvalue weighted by Crippen LogP contribution is 2.42. The molecule has 2 N–H and O–H groups in total. The summed E-state index contributed by atoms with van der Waals surface area (Å²) in [7, 11) is 0. The van der Waals surface area contributed by atoms with Crippen LogP contribution in [0.2, 0.25) is 0 Å². The summed E-state index contributed by atoms with van der Waals surface area (Å²) in [5.74, 6) is 2.86. The third kappa shape index (κ3) is 5.65. The second kappa shape index (κ2) is 9.84. The van der Waals surface area contributed by atoms with Crippen LogP contribution in [0, 0.1) is 17.8 Å². The second-order valence-corrected chi connectivity index (χ2v) is 10.3. The van der Waals surface area contributed by atoms with Crippen molar-refractivity contribution in [2.45, 2.75) is 90.5 Å². The zero-order chi connectivity index (χ0) is 22.7. The maximum atomic E-state index is 13.4. The van der Waals surface area contributed by atoms with Crippen LogP contribution in [-0.4, -0.2) is 30.5 Å². The number of nitrogens with one attached hydrogen (secondary N) is 2. The summed E-state index contributed by atoms with van der Waals surface area (Å²) >= 11 is 0. The fourth-order valence-electron chi connectivity index (χ4n) is 4.49. The van der Waals surface area contributed by atoms with E-state index in [1.54, 1.807) is 0 Å². The molecule has 0 aliphatic heterocycles. The highest BCUT2D eigenvalue weighted by molar-refractivity contribution is 6.01. The molecule has 0 heterocycles. The lowest BCUT2D eigenvalue weighted by molar-refractivity contribution is -0.132. The molecule has 3 saturated carbocycles. The van der Waals surface area contributed by atoms with Crippen molar-refractivity contribution in [1.29, 1.82) is 0 Å². The number of carbonyl (C=O) groups is 2. The standard InChI is InChI=1S/C27H40N2O3/c1-4-27(5-2,26(31)28-16-19-7-8-19)29-25(30)22-13-14-23(21-11-12-21)24(15-6-18(22)3)32-17-20-9-10-20/h13-14,19-21H,4-12,15-17H2,1-3H3,(H,28,31)(H,29,30). The van der Waals surface area contributed by atoms with E-state index in [0.717, 1.165) is 43.2 Å². The van der Waals surface area contributed by atoms with Crippen molar-refractivity contribution in [3.05, 3.63) is 34.6 Å². The van der Waals surface area contributed by atoms with E-state index < -0.39 is 5.54 Å². The van der Waals surface area contributed by atoms with Crippen LogP contribution >= 0.6 is 0 Å². The van der Waals surface area contributed by atoms with E-state index in [9.17, 15) is 9.59 Å². The summed E-state index contributed by atoms with van der Waals surface area (Å²) in [5.41, 5.74) is 2.18. The van der Waals surface area contributed by atoms with E-state index >= 15 is 0 Å². The van der Waals surface area contributed by atoms with Gasteiger partial charge in [0.05, 0.1) is 12.4 Å². The topological polar surface area (TPSA) is 67.4 Å². The van der Waals surface area contributed by atoms with Crippen molar-refractivity contribution in [1.82, 2.24) is 10.6 Å². The van der Waals surface area contributed by atoms with Crippen molar-refractivity contribution >= 4 is 11.8 Å². The number of rotatable bonds is 11. The molecule has 0 aromatic rings. The summed E-state index contributed by atoms with van der Waals surface area (Å²) in [6.07, 6.45) is 14.3. The Hall–Kier alpha value is -2.04. The molecule has 5 nitrogen and oxygen atoms in total. The number of allylic oxidation sites excluding steroid dienone is 4. The molecule has 0 radical (unpaired) electrons. The molecular formula is C27H40N2O3. The summed E-state index contributed by atoms with van der Waals surface area (Å²) in [4.78, 5) is 26.4. The van der Waals surface area contributed by atoms with Gasteiger partial charge in [0.15, 0.2) is 0 Å². The van der Waals surface area contributed by atoms with Crippen LogP contribution in [0.5, 0.6) is 0 Å². The first-order valence-corrected chi connectivity index (χ1v) is 12.8. The van der Waals surface area contributed by atoms with E-state index in [1.165, 1.54) is 44.1 Å². The zero-order valence-electron chi connectivity index (χ0n) is 20.1. The Morgan fingerprint density at radius 3 is 2.28 bits per heavy atom. The molecular weight excluding hydrogens is 400 g/mol. The fourth-order valence-corrected chi connectivity index (χ4v) is 4.49. The Kier molecular flexibility index (Phi) is 7.11. The first-order chi connectivity index (χ1) is 15.5. The number of hydrogen-bond donors (Lipinski definition) is 2. The SMILES string of the molecule is CCC(CC)(NC(=O)C1=C(C)CCC(OCC2CC2)=C(C2CC2)C=C1)C(=O)NCC1CC1. The van der Waals surface area contributed by atoms with Crippen LogP contribution in [0.25, 0.3) is 0 Å². The molecule has 0 saturated heterocycles. The van der Waals surface area contributed by atoms with Crippen LogP contribution < -0.4 is 10.6 Å². The Labute approximate surface area is 193 Å². The number of carbonyl (C=O) groups excluding carboxylic acids is 2. The van der Waals surface area contributed by atoms with Gasteiger partial charge < -0.3 is 15.4 Å². The number of amides is 2. The monoisotopic (exact) mass is 440 g/mol. The smallest absolute Gasteiger partial charge is 0.252 e. The largest absolute Gasteiger partial charge is 0.497 e. The molecule has 3 fully saturated rings. The minimum atomic E-state index is -0.858. The van der Waals surface area contributed by atoms with Gasteiger partial charge in [-0.25, -0.2) is 0 Å². The highest BCUT2D eigenvalue weighted by Gasteiger charge is 2.38. The van der Waals surface area contributed by atoms with Crippen molar-refractivity contribution in [3.63, 3.8) is 0 Å². The summed E-state index contributed by atoms with van der Waals surface area (Å²) in [6.45, 7) is 7.55. The molecule has 4 rings (SSSR count). The summed E-state index contributed by atoms with van der Waals surface area (Å²) in [6, 6.07) is 0. The zero-order valence-corrected chi connectivity index (χ0v) is 20.1. The van der Waals surface area contributed by atoms with Gasteiger partial charge in [-0.15, -0.1) is 0 Å². The van der Waals surface area contributed by atoms with Gasteiger partial charge in [0.1, 0.15) is 5.54 Å². The Balaban J connectivity index is 1.48. The molecule has 2 amide bonds. The first kappa shape index (κ1) is 23.1. The van der Waals surface area contributed by atoms with Crippen LogP contribution in [0.15, 0.2) is 34.6 Å². The third-order valence-electron chi connectivity index (χ3n) is 7.63. The molecule has 4 aliphatic carbocycles. The molecule has 4 aliphatic rings. The van der Waals surface area contributed by atoms with E-state index in [4.69, 9.17) is 4.74 Å². The minimum Gasteiger partial charge on any atom is -0.497 e. The van der Waals surface area contributed by atoms with Crippen molar-refractivity contribution < 1.29 is 14.3 Å². The van der Waals surface area contributed by atoms with Crippen molar-refractivity contribution in [3.8, 4) is 0 Å².